The van der Waals surface area contributed by atoms with Crippen molar-refractivity contribution in [2.24, 2.45) is 7.05 Å². The van der Waals surface area contributed by atoms with E-state index in [0.29, 0.717) is 27.8 Å². The second-order valence-corrected chi connectivity index (χ2v) is 6.71. The van der Waals surface area contributed by atoms with Crippen molar-refractivity contribution in [1.82, 2.24) is 14.9 Å². The molecule has 0 radical (unpaired) electrons. The molecule has 1 aromatic heterocycles. The van der Waals surface area contributed by atoms with Gasteiger partial charge in [-0.15, -0.1) is 0 Å². The van der Waals surface area contributed by atoms with E-state index >= 15 is 0 Å². The molecule has 2 heterocycles. The molecule has 29 heavy (non-hydrogen) atoms. The van der Waals surface area contributed by atoms with Gasteiger partial charge >= 0.3 is 0 Å². The fourth-order valence-electron chi connectivity index (χ4n) is 3.14. The number of carbonyl (C=O) groups excluding carboxylic acids is 3. The fraction of sp³-hybridized carbons (Fsp3) is 0.150. The number of anilines is 2. The first-order chi connectivity index (χ1) is 13.9. The van der Waals surface area contributed by atoms with Gasteiger partial charge in [-0.1, -0.05) is 12.1 Å². The standard InChI is InChI=1S/C20H17N5O4/c1-25-10-21-14-7-6-11(8-13(14)20(25)29)22-17(26)9-16-19(28)23-15-5-3-2-4-12(15)18(27)24-16/h2-8,10,16H,9H2,1H3,(H,22,26)(H,23,28)(H,24,27)/t16-/m1/s1. The molecule has 0 saturated heterocycles. The van der Waals surface area contributed by atoms with Crippen molar-refractivity contribution in [3.05, 3.63) is 64.7 Å². The molecule has 0 unspecified atom stereocenters. The minimum atomic E-state index is -1.02. The Hall–Kier alpha value is -4.01. The molecule has 0 bridgehead atoms. The zero-order valence-electron chi connectivity index (χ0n) is 15.4. The van der Waals surface area contributed by atoms with E-state index in [0.717, 1.165) is 0 Å². The molecule has 0 aliphatic carbocycles. The van der Waals surface area contributed by atoms with Crippen molar-refractivity contribution in [2.45, 2.75) is 12.5 Å². The molecule has 4 rings (SSSR count). The third kappa shape index (κ3) is 3.57. The van der Waals surface area contributed by atoms with Gasteiger partial charge in [0.1, 0.15) is 6.04 Å². The molecule has 0 spiro atoms. The number of rotatable bonds is 3. The van der Waals surface area contributed by atoms with Gasteiger partial charge in [0.15, 0.2) is 0 Å². The normalized spacial score (nSPS) is 15.8. The number of hydrogen-bond donors (Lipinski definition) is 3. The third-order valence-electron chi connectivity index (χ3n) is 4.64. The lowest BCUT2D eigenvalue weighted by Crippen LogP contribution is -2.43. The summed E-state index contributed by atoms with van der Waals surface area (Å²) >= 11 is 0. The van der Waals surface area contributed by atoms with Gasteiger partial charge in [-0.3, -0.25) is 19.2 Å². The molecule has 1 atom stereocenters. The second-order valence-electron chi connectivity index (χ2n) is 6.71. The largest absolute Gasteiger partial charge is 0.340 e. The summed E-state index contributed by atoms with van der Waals surface area (Å²) in [6, 6.07) is 10.4. The van der Waals surface area contributed by atoms with Crippen LogP contribution in [0.15, 0.2) is 53.6 Å². The molecular weight excluding hydrogens is 374 g/mol. The highest BCUT2D eigenvalue weighted by molar-refractivity contribution is 6.11. The van der Waals surface area contributed by atoms with Crippen molar-refractivity contribution < 1.29 is 14.4 Å². The van der Waals surface area contributed by atoms with E-state index in [4.69, 9.17) is 0 Å². The molecule has 1 aliphatic heterocycles. The molecule has 2 aromatic carbocycles. The predicted molar refractivity (Wildman–Crippen MR) is 107 cm³/mol. The summed E-state index contributed by atoms with van der Waals surface area (Å²) in [7, 11) is 1.59. The van der Waals surface area contributed by atoms with E-state index in [1.807, 2.05) is 0 Å². The summed E-state index contributed by atoms with van der Waals surface area (Å²) in [5.74, 6) is -1.39. The number of nitrogens with zero attached hydrogens (tertiary/aromatic N) is 2. The summed E-state index contributed by atoms with van der Waals surface area (Å²) in [6.07, 6.45) is 1.17. The van der Waals surface area contributed by atoms with Gasteiger partial charge in [-0.2, -0.15) is 0 Å². The first kappa shape index (κ1) is 18.4. The highest BCUT2D eigenvalue weighted by atomic mass is 16.2. The van der Waals surface area contributed by atoms with Crippen molar-refractivity contribution in [3.63, 3.8) is 0 Å². The van der Waals surface area contributed by atoms with Crippen LogP contribution in [0.2, 0.25) is 0 Å². The van der Waals surface area contributed by atoms with Crippen LogP contribution in [0, 0.1) is 0 Å². The van der Waals surface area contributed by atoms with Crippen LogP contribution in [0.5, 0.6) is 0 Å². The van der Waals surface area contributed by atoms with Crippen LogP contribution >= 0.6 is 0 Å². The average molecular weight is 391 g/mol. The Morgan fingerprint density at radius 1 is 1.17 bits per heavy atom. The summed E-state index contributed by atoms with van der Waals surface area (Å²) in [5.41, 5.74) is 1.41. The van der Waals surface area contributed by atoms with Crippen LogP contribution in [-0.4, -0.2) is 33.3 Å². The van der Waals surface area contributed by atoms with Gasteiger partial charge in [-0.05, 0) is 30.3 Å². The summed E-state index contributed by atoms with van der Waals surface area (Å²) in [4.78, 5) is 53.6. The molecule has 3 aromatic rings. The van der Waals surface area contributed by atoms with Gasteiger partial charge in [0.25, 0.3) is 11.5 Å². The molecule has 9 heteroatoms. The quantitative estimate of drug-likeness (QED) is 0.615. The Labute approximate surface area is 164 Å². The number of nitrogens with one attached hydrogen (secondary N) is 3. The Morgan fingerprint density at radius 3 is 2.79 bits per heavy atom. The van der Waals surface area contributed by atoms with E-state index in [9.17, 15) is 19.2 Å². The van der Waals surface area contributed by atoms with Gasteiger partial charge in [0, 0.05) is 12.7 Å². The van der Waals surface area contributed by atoms with Crippen LogP contribution in [0.4, 0.5) is 11.4 Å². The molecule has 146 valence electrons. The second kappa shape index (κ2) is 7.19. The number of para-hydroxylation sites is 1. The molecule has 9 nitrogen and oxygen atoms in total. The van der Waals surface area contributed by atoms with Gasteiger partial charge in [0.05, 0.1) is 34.9 Å². The van der Waals surface area contributed by atoms with Gasteiger partial charge in [-0.25, -0.2) is 4.98 Å². The fourth-order valence-corrected chi connectivity index (χ4v) is 3.14. The predicted octanol–water partition coefficient (Wildman–Crippen LogP) is 1.01. The lowest BCUT2D eigenvalue weighted by atomic mass is 10.1. The molecule has 3 amide bonds. The van der Waals surface area contributed by atoms with Crippen LogP contribution < -0.4 is 21.5 Å². The van der Waals surface area contributed by atoms with Crippen LogP contribution in [0.3, 0.4) is 0 Å². The Balaban J connectivity index is 1.51. The first-order valence-corrected chi connectivity index (χ1v) is 8.88. The number of aryl methyl sites for hydroxylation is 1. The van der Waals surface area contributed by atoms with Crippen LogP contribution in [-0.2, 0) is 16.6 Å². The van der Waals surface area contributed by atoms with Gasteiger partial charge < -0.3 is 20.5 Å². The highest BCUT2D eigenvalue weighted by Gasteiger charge is 2.29. The van der Waals surface area contributed by atoms with Crippen molar-refractivity contribution in [2.75, 3.05) is 10.6 Å². The lowest BCUT2D eigenvalue weighted by molar-refractivity contribution is -0.122. The van der Waals surface area contributed by atoms with Crippen LogP contribution in [0.1, 0.15) is 16.8 Å². The van der Waals surface area contributed by atoms with E-state index < -0.39 is 23.8 Å². The topological polar surface area (TPSA) is 122 Å². The molecular formula is C20H17N5O4. The number of benzene rings is 2. The summed E-state index contributed by atoms with van der Waals surface area (Å²) in [5, 5.41) is 8.25. The molecule has 1 aliphatic rings. The molecule has 3 N–H and O–H groups in total. The summed E-state index contributed by atoms with van der Waals surface area (Å²) in [6.45, 7) is 0. The summed E-state index contributed by atoms with van der Waals surface area (Å²) < 4.78 is 1.34. The minimum Gasteiger partial charge on any atom is -0.340 e. The maximum absolute atomic E-state index is 12.5. The maximum atomic E-state index is 12.5. The lowest BCUT2D eigenvalue weighted by Gasteiger charge is -2.14. The number of aromatic nitrogens is 2. The third-order valence-corrected chi connectivity index (χ3v) is 4.64. The average Bonchev–Trinajstić information content (AvgIpc) is 2.81. The minimum absolute atomic E-state index is 0.237. The monoisotopic (exact) mass is 391 g/mol. The Bertz CT molecular complexity index is 1220. The number of carbonyl (C=O) groups is 3. The van der Waals surface area contributed by atoms with E-state index in [1.54, 1.807) is 43.4 Å². The zero-order chi connectivity index (χ0) is 20.5. The zero-order valence-corrected chi connectivity index (χ0v) is 15.4. The van der Waals surface area contributed by atoms with Crippen LogP contribution in [0.25, 0.3) is 10.9 Å². The molecule has 0 saturated carbocycles. The maximum Gasteiger partial charge on any atom is 0.260 e. The number of hydrogen-bond acceptors (Lipinski definition) is 5. The SMILES string of the molecule is Cn1cnc2ccc(NC(=O)C[C@H]3NC(=O)c4ccccc4NC3=O)cc2c1=O. The van der Waals surface area contributed by atoms with E-state index in [2.05, 4.69) is 20.9 Å². The Morgan fingerprint density at radius 2 is 1.97 bits per heavy atom. The smallest absolute Gasteiger partial charge is 0.260 e. The highest BCUT2D eigenvalue weighted by Crippen LogP contribution is 2.19. The number of fused-ring (bicyclic) bond motifs is 2. The van der Waals surface area contributed by atoms with Crippen molar-refractivity contribution in [3.8, 4) is 0 Å². The molecule has 0 fully saturated rings. The van der Waals surface area contributed by atoms with Crippen molar-refractivity contribution >= 4 is 40.0 Å². The van der Waals surface area contributed by atoms with Crippen molar-refractivity contribution in [1.29, 1.82) is 0 Å². The van der Waals surface area contributed by atoms with E-state index in [-0.39, 0.29) is 12.0 Å². The first-order valence-electron chi connectivity index (χ1n) is 8.88. The number of amides is 3. The Kier molecular flexibility index (Phi) is 4.55. The van der Waals surface area contributed by atoms with E-state index in [1.165, 1.54) is 17.0 Å². The van der Waals surface area contributed by atoms with Gasteiger partial charge in [0.2, 0.25) is 11.8 Å².